The summed E-state index contributed by atoms with van der Waals surface area (Å²) in [5, 5.41) is 27.4. The molecule has 2 aromatic rings. The normalized spacial score (nSPS) is 23.4. The van der Waals surface area contributed by atoms with Crippen LogP contribution in [0.15, 0.2) is 41.8 Å². The summed E-state index contributed by atoms with van der Waals surface area (Å²) in [6, 6.07) is 0. The Hall–Kier alpha value is -4.22. The summed E-state index contributed by atoms with van der Waals surface area (Å²) in [4.78, 5) is 221. The number of phosphoric acid groups is 12. The summed E-state index contributed by atoms with van der Waals surface area (Å²) in [5.74, 6) is -1.71. The number of ketones is 1. The lowest BCUT2D eigenvalue weighted by atomic mass is 10.1. The number of ether oxygens (including phenoxy) is 2. The number of aromatic nitrogens is 4. The van der Waals surface area contributed by atoms with Crippen LogP contribution in [-0.2, 0) is 149 Å². The molecule has 12 unspecified atom stereocenters. The number of aliphatic hydroxyl groups is 2. The van der Waals surface area contributed by atoms with E-state index in [2.05, 4.69) is 86.1 Å². The molecule has 0 aliphatic carbocycles. The van der Waals surface area contributed by atoms with Crippen molar-refractivity contribution in [1.29, 1.82) is 0 Å². The monoisotopic (exact) mass is 1980 g/mol. The summed E-state index contributed by atoms with van der Waals surface area (Å²) in [6.45, 7) is 0.228. The van der Waals surface area contributed by atoms with Gasteiger partial charge in [-0.05, 0) is 70.0 Å². The zero-order valence-electron chi connectivity index (χ0n) is 61.6. The van der Waals surface area contributed by atoms with E-state index < -0.39 is 197 Å². The number of hydrogen-bond donors (Lipinski definition) is 17. The fourth-order valence-electron chi connectivity index (χ4n) is 9.10. The smallest absolute Gasteiger partial charge is 0.390 e. The van der Waals surface area contributed by atoms with E-state index in [4.69, 9.17) is 26.3 Å². The van der Waals surface area contributed by atoms with Gasteiger partial charge in [0, 0.05) is 91.4 Å². The number of azide groups is 2. The van der Waals surface area contributed by atoms with Gasteiger partial charge in [0.25, 0.3) is 22.9 Å². The summed E-state index contributed by atoms with van der Waals surface area (Å²) >= 11 is 0. The van der Waals surface area contributed by atoms with Gasteiger partial charge in [-0.3, -0.25) is 61.2 Å². The Morgan fingerprint density at radius 3 is 1.07 bits per heavy atom. The molecular weight excluding hydrogens is 1900 g/mol. The first-order valence-electron chi connectivity index (χ1n) is 33.3. The third-order valence-electron chi connectivity index (χ3n) is 14.1. The highest BCUT2D eigenvalue weighted by Gasteiger charge is 2.53. The number of nitrogens with one attached hydrogen (secondary N) is 2. The van der Waals surface area contributed by atoms with Crippen molar-refractivity contribution < 1.29 is 218 Å². The van der Waals surface area contributed by atoms with E-state index >= 15 is 0 Å². The van der Waals surface area contributed by atoms with Crippen LogP contribution in [0.1, 0.15) is 139 Å². The number of nitrogens with zero attached hydrogens (tertiary/aromatic N) is 9. The highest BCUT2D eigenvalue weighted by molar-refractivity contribution is 7.73. The van der Waals surface area contributed by atoms with E-state index in [1.54, 1.807) is 0 Å². The van der Waals surface area contributed by atoms with Crippen LogP contribution >= 0.6 is 93.9 Å². The van der Waals surface area contributed by atoms with Gasteiger partial charge in [-0.1, -0.05) is 42.3 Å². The maximum Gasteiger partial charge on any atom is 0.490 e. The van der Waals surface area contributed by atoms with Crippen LogP contribution in [0.5, 0.6) is 0 Å². The zero-order valence-corrected chi connectivity index (χ0v) is 72.4. The number of H-pyrrole nitrogens is 2. The van der Waals surface area contributed by atoms with Gasteiger partial charge < -0.3 is 89.0 Å². The van der Waals surface area contributed by atoms with E-state index in [0.29, 0.717) is 75.8 Å². The Bertz CT molecular complexity index is 4840. The highest BCUT2D eigenvalue weighted by atomic mass is 31.3. The minimum atomic E-state index is -6.48. The number of carbonyl (C=O) groups is 4. The highest BCUT2D eigenvalue weighted by Crippen LogP contribution is 2.77. The average molecular weight is 1980 g/mol. The lowest BCUT2D eigenvalue weighted by Crippen LogP contribution is -2.33. The van der Waals surface area contributed by atoms with Crippen LogP contribution in [-0.4, -0.2) is 187 Å². The molecule has 2 amide bonds. The Balaban J connectivity index is 0.000000526. The number of rotatable bonds is 53. The van der Waals surface area contributed by atoms with E-state index in [0.717, 1.165) is 21.5 Å². The van der Waals surface area contributed by atoms with Gasteiger partial charge in [0.15, 0.2) is 0 Å². The van der Waals surface area contributed by atoms with Gasteiger partial charge in [0.05, 0.1) is 38.6 Å². The minimum absolute atomic E-state index is 0.00389. The number of phosphoric ester groups is 4. The molecule has 5 rings (SSSR count). The van der Waals surface area contributed by atoms with Crippen LogP contribution < -0.4 is 28.2 Å². The second kappa shape index (κ2) is 48.6. The lowest BCUT2D eigenvalue weighted by molar-refractivity contribution is -0.197. The van der Waals surface area contributed by atoms with Crippen molar-refractivity contribution in [2.75, 3.05) is 46.1 Å². The number of aliphatic hydroxyl groups excluding tert-OH is 2. The first-order valence-corrected chi connectivity index (χ1v) is 51.3. The first kappa shape index (κ1) is 110. The number of carbonyl (C=O) groups excluding carboxylic acids is 4. The van der Waals surface area contributed by atoms with Crippen molar-refractivity contribution >= 4 is 117 Å². The Morgan fingerprint density at radius 2 is 0.742 bits per heavy atom. The third kappa shape index (κ3) is 43.8. The molecule has 2 aromatic heterocycles. The molecule has 75 heteroatoms. The molecule has 0 aromatic carbocycles. The predicted molar refractivity (Wildman–Crippen MR) is 388 cm³/mol. The maximum absolute atomic E-state index is 12.2. The molecule has 0 spiro atoms. The van der Waals surface area contributed by atoms with Gasteiger partial charge in [0.2, 0.25) is 0 Å². The number of nitrogens with two attached hydrogens (primary N) is 1. The number of unbranched alkanes of at least 4 members (excludes halogenated alkanes) is 7. The summed E-state index contributed by atoms with van der Waals surface area (Å²) < 4.78 is 211. The van der Waals surface area contributed by atoms with Crippen LogP contribution in [0.25, 0.3) is 20.9 Å². The number of Topliss-reactive ketones (excluding diaryl/α,β-unsaturated/α-hetero) is 1. The number of hydroxylamine groups is 2. The van der Waals surface area contributed by atoms with E-state index in [9.17, 15) is 162 Å². The van der Waals surface area contributed by atoms with Crippen molar-refractivity contribution in [3.8, 4) is 0 Å². The van der Waals surface area contributed by atoms with Gasteiger partial charge in [-0.15, -0.1) is 5.06 Å². The van der Waals surface area contributed by atoms with Crippen LogP contribution in [0.3, 0.4) is 0 Å². The van der Waals surface area contributed by atoms with E-state index in [-0.39, 0.29) is 81.4 Å². The molecule has 18 atom stereocenters. The molecule has 0 bridgehead atoms. The van der Waals surface area contributed by atoms with E-state index in [1.165, 1.54) is 13.8 Å². The average Bonchev–Trinajstić information content (AvgIpc) is 1.56. The quantitative estimate of drug-likeness (QED) is 0.0107. The maximum atomic E-state index is 12.2. The Labute approximate surface area is 672 Å². The molecule has 3 aliphatic heterocycles. The molecule has 3 saturated heterocycles. The Kier molecular flexibility index (Phi) is 44.6. The van der Waals surface area contributed by atoms with Crippen molar-refractivity contribution in [2.24, 2.45) is 16.0 Å². The molecule has 0 saturated carbocycles. The minimum Gasteiger partial charge on any atom is -0.390 e. The fourth-order valence-corrected chi connectivity index (χ4v) is 24.8. The Morgan fingerprint density at radius 1 is 0.450 bits per heavy atom. The number of amides is 2. The van der Waals surface area contributed by atoms with Gasteiger partial charge in [-0.25, -0.2) is 69.2 Å². The molecule has 3 fully saturated rings. The van der Waals surface area contributed by atoms with Crippen molar-refractivity contribution in [2.45, 2.75) is 166 Å². The number of aromatic amines is 2. The largest absolute Gasteiger partial charge is 0.490 e. The molecule has 3 aliphatic rings. The second-order valence-corrected chi connectivity index (χ2v) is 42.7. The second-order valence-electron chi connectivity index (χ2n) is 23.9. The van der Waals surface area contributed by atoms with Gasteiger partial charge in [-0.2, -0.15) is 43.1 Å². The zero-order chi connectivity index (χ0) is 91.3. The van der Waals surface area contributed by atoms with Crippen molar-refractivity contribution in [1.82, 2.24) is 24.2 Å². The van der Waals surface area contributed by atoms with Crippen LogP contribution in [0.4, 0.5) is 0 Å². The molecule has 688 valence electrons. The van der Waals surface area contributed by atoms with Crippen molar-refractivity contribution in [3.63, 3.8) is 0 Å². The molecule has 63 nitrogen and oxygen atoms in total. The molecular formula is C45H82N12O51P12. The SMILES string of the molecule is Cc1cn([C@H]2C[C@@H](O)[C@@H](COP(=O)(O)OP(=O)(O)OP(=O)(O)OP(=O)(O)OP(=O)(O)OP(=O)(O)OCCCCCCCC(=O)CCCN=[N+]=[N-])O2)c(=O)[nH]c1=O.Cc1cn([C@H]2C[C@@H](O)[C@@H](COP(=O)(O)OP(=O)(O)OP(=O)(O)OP(=O)(O)OP(=O)(O)OP(=O)(O)OCCCCCCN)O2)c(=O)[nH]c1=O.[N-]=[N+]=NCCCC(=O)ON1C(=O)CCC1=O. The fraction of sp³-hybridized carbons (Fsp3) is 0.733. The van der Waals surface area contributed by atoms with Crippen molar-refractivity contribution in [3.05, 3.63) is 86.1 Å². The van der Waals surface area contributed by atoms with Crippen LogP contribution in [0.2, 0.25) is 0 Å². The van der Waals surface area contributed by atoms with Gasteiger partial charge in [0.1, 0.15) is 30.4 Å². The standard InChI is InChI=1S/C21H39N5O24P6.C16H33N3O23P6.C8H10N4O4/c1-15-13-26(21(30)24-20(15)29)19-12-17(28)18(45-19)14-44-52(33,34)47-54(37,38)49-56(41,42)50-55(39,40)48-53(35,36)46-51(31,32)43-11-6-4-2-3-5-8-16(27)9-7-10-23-25-22;1-11-9-19(16(22)18-15(11)21)14-8-12(20)13(37-14)10-36-44(25,26)39-46(29,30)41-48(33,34)42-47(31,32)40-45(27,28)38-43(23,24)35-7-5-3-2-4-6-17;9-11-10-5-1-2-8(15)16-12-6(13)3-4-7(12)14/h13,17-19,28H,2-12,14H2,1H3,(H,31,32)(H,33,34)(H,35,36)(H,37,38)(H,39,40)(H,41,42)(H,24,29,30);9,12-14,20H,2-8,10,17H2,1H3,(H,23,24)(H,25,26)(H,27,28)(H,29,30)(H,31,32)(H,33,34)(H,18,21,22);1-5H2/t17-,18-,19-;12-,13-,14-;/m11./s1. The molecule has 0 radical (unpaired) electrons. The molecule has 18 N–H and O–H groups in total. The molecule has 120 heavy (non-hydrogen) atoms. The number of imide groups is 1. The third-order valence-corrected chi connectivity index (χ3v) is 32.6. The summed E-state index contributed by atoms with van der Waals surface area (Å²) in [6.07, 6.45) is -1.41. The molecule has 5 heterocycles. The van der Waals surface area contributed by atoms with Gasteiger partial charge >= 0.3 is 111 Å². The topological polar surface area (TPSA) is 950 Å². The number of aryl methyl sites for hydroxylation is 2. The number of hydrogen-bond acceptors (Lipinski definition) is 42. The summed E-state index contributed by atoms with van der Waals surface area (Å²) in [5.41, 5.74) is 18.4. The summed E-state index contributed by atoms with van der Waals surface area (Å²) in [7, 11) is -73.4. The predicted octanol–water partition coefficient (Wildman–Crippen LogP) is 4.63. The van der Waals surface area contributed by atoms with Crippen LogP contribution in [0, 0.1) is 13.8 Å². The van der Waals surface area contributed by atoms with E-state index in [1.807, 2.05) is 9.97 Å². The first-order chi connectivity index (χ1) is 55.1. The lowest BCUT2D eigenvalue weighted by Gasteiger charge is -2.21.